The number of hydrogen-bond acceptors (Lipinski definition) is 4. The number of aromatic nitrogens is 2. The lowest BCUT2D eigenvalue weighted by Gasteiger charge is -2.33. The highest BCUT2D eigenvalue weighted by Crippen LogP contribution is 2.23. The van der Waals surface area contributed by atoms with Crippen LogP contribution in [0.15, 0.2) is 12.4 Å². The Balaban J connectivity index is 1.49. The van der Waals surface area contributed by atoms with Crippen molar-refractivity contribution in [2.24, 2.45) is 5.92 Å². The van der Waals surface area contributed by atoms with Gasteiger partial charge in [0.25, 0.3) is 0 Å². The van der Waals surface area contributed by atoms with Crippen molar-refractivity contribution in [3.8, 4) is 0 Å². The molecule has 3 amide bonds. The second-order valence-electron chi connectivity index (χ2n) is 8.12. The van der Waals surface area contributed by atoms with Gasteiger partial charge in [0.1, 0.15) is 5.60 Å². The van der Waals surface area contributed by atoms with E-state index >= 15 is 0 Å². The second kappa shape index (κ2) is 10.2. The summed E-state index contributed by atoms with van der Waals surface area (Å²) in [5.74, 6) is 0.651. The molecular weight excluding hydrogens is 346 g/mol. The van der Waals surface area contributed by atoms with E-state index in [-0.39, 0.29) is 12.1 Å². The molecule has 0 radical (unpaired) electrons. The van der Waals surface area contributed by atoms with E-state index in [1.165, 1.54) is 0 Å². The number of carbonyl (C=O) groups is 2. The van der Waals surface area contributed by atoms with Crippen molar-refractivity contribution in [1.29, 1.82) is 0 Å². The lowest BCUT2D eigenvalue weighted by molar-refractivity contribution is 0.0180. The number of likely N-dealkylation sites (tertiary alicyclic amines) is 1. The molecule has 0 atom stereocenters. The Morgan fingerprint density at radius 2 is 2.00 bits per heavy atom. The quantitative estimate of drug-likeness (QED) is 0.634. The highest BCUT2D eigenvalue weighted by Gasteiger charge is 2.26. The van der Waals surface area contributed by atoms with Crippen molar-refractivity contribution >= 4 is 12.1 Å². The summed E-state index contributed by atoms with van der Waals surface area (Å²) in [6, 6.07) is -0.151. The zero-order chi connectivity index (χ0) is 19.7. The van der Waals surface area contributed by atoms with Crippen molar-refractivity contribution in [3.63, 3.8) is 0 Å². The van der Waals surface area contributed by atoms with E-state index in [2.05, 4.69) is 20.8 Å². The van der Waals surface area contributed by atoms with Crippen LogP contribution in [0.5, 0.6) is 0 Å². The molecule has 0 aliphatic carbocycles. The van der Waals surface area contributed by atoms with Gasteiger partial charge in [0, 0.05) is 37.9 Å². The van der Waals surface area contributed by atoms with E-state index in [0.29, 0.717) is 19.0 Å². The van der Waals surface area contributed by atoms with Crippen molar-refractivity contribution in [2.45, 2.75) is 65.0 Å². The largest absolute Gasteiger partial charge is 0.444 e. The summed E-state index contributed by atoms with van der Waals surface area (Å²) in [7, 11) is 0. The van der Waals surface area contributed by atoms with E-state index in [9.17, 15) is 9.59 Å². The van der Waals surface area contributed by atoms with Crippen molar-refractivity contribution in [1.82, 2.24) is 25.7 Å². The number of piperidine rings is 1. The molecule has 0 bridgehead atoms. The third kappa shape index (κ3) is 8.32. The fraction of sp³-hybridized carbons (Fsp3) is 0.737. The Labute approximate surface area is 161 Å². The molecule has 8 heteroatoms. The van der Waals surface area contributed by atoms with Gasteiger partial charge in [-0.2, -0.15) is 5.10 Å². The first-order valence-corrected chi connectivity index (χ1v) is 9.81. The van der Waals surface area contributed by atoms with Gasteiger partial charge >= 0.3 is 12.1 Å². The Kier molecular flexibility index (Phi) is 7.94. The minimum absolute atomic E-state index is 0.151. The number of hydrogen-bond donors (Lipinski definition) is 3. The summed E-state index contributed by atoms with van der Waals surface area (Å²) in [6.07, 6.45) is 8.48. The van der Waals surface area contributed by atoms with Crippen LogP contribution in [0.1, 0.15) is 58.4 Å². The SMILES string of the molecule is CC(C)(C)OC(=O)N1CCC(CCCCNC(=O)NCc2cn[nH]c2)CC1. The summed E-state index contributed by atoms with van der Waals surface area (Å²) in [5, 5.41) is 12.2. The van der Waals surface area contributed by atoms with Crippen LogP contribution in [0.3, 0.4) is 0 Å². The van der Waals surface area contributed by atoms with Gasteiger partial charge in [-0.25, -0.2) is 9.59 Å². The summed E-state index contributed by atoms with van der Waals surface area (Å²) in [6.45, 7) is 8.37. The van der Waals surface area contributed by atoms with Gasteiger partial charge in [0.2, 0.25) is 0 Å². The minimum Gasteiger partial charge on any atom is -0.444 e. The van der Waals surface area contributed by atoms with Crippen LogP contribution >= 0.6 is 0 Å². The van der Waals surface area contributed by atoms with E-state index < -0.39 is 5.60 Å². The maximum Gasteiger partial charge on any atom is 0.410 e. The van der Waals surface area contributed by atoms with Crippen LogP contribution in [-0.4, -0.2) is 52.5 Å². The van der Waals surface area contributed by atoms with Crippen LogP contribution in [-0.2, 0) is 11.3 Å². The number of H-pyrrole nitrogens is 1. The molecule has 8 nitrogen and oxygen atoms in total. The molecule has 1 aliphatic heterocycles. The summed E-state index contributed by atoms with van der Waals surface area (Å²) in [5.41, 5.74) is 0.508. The van der Waals surface area contributed by atoms with E-state index in [4.69, 9.17) is 4.74 Å². The van der Waals surface area contributed by atoms with Gasteiger partial charge in [-0.1, -0.05) is 12.8 Å². The Hall–Kier alpha value is -2.25. The normalized spacial score (nSPS) is 15.4. The van der Waals surface area contributed by atoms with Crippen LogP contribution in [0, 0.1) is 5.92 Å². The molecular formula is C19H33N5O3. The maximum atomic E-state index is 12.1. The first-order chi connectivity index (χ1) is 12.8. The lowest BCUT2D eigenvalue weighted by atomic mass is 9.92. The van der Waals surface area contributed by atoms with E-state index in [1.807, 2.05) is 25.7 Å². The van der Waals surface area contributed by atoms with Gasteiger partial charge in [0.05, 0.1) is 6.20 Å². The van der Waals surface area contributed by atoms with Gasteiger partial charge < -0.3 is 20.3 Å². The van der Waals surface area contributed by atoms with Crippen LogP contribution in [0.25, 0.3) is 0 Å². The molecule has 0 saturated carbocycles. The number of nitrogens with one attached hydrogen (secondary N) is 3. The molecule has 0 spiro atoms. The Bertz CT molecular complexity index is 575. The first kappa shape index (κ1) is 21.1. The molecule has 152 valence electrons. The van der Waals surface area contributed by atoms with Crippen molar-refractivity contribution in [2.75, 3.05) is 19.6 Å². The molecule has 3 N–H and O–H groups in total. The molecule has 2 heterocycles. The topological polar surface area (TPSA) is 99.3 Å². The number of rotatable bonds is 7. The summed E-state index contributed by atoms with van der Waals surface area (Å²) in [4.78, 5) is 25.6. The molecule has 1 aliphatic rings. The predicted molar refractivity (Wildman–Crippen MR) is 103 cm³/mol. The molecule has 1 aromatic rings. The molecule has 0 aromatic carbocycles. The third-order valence-electron chi connectivity index (χ3n) is 4.60. The number of unbranched alkanes of at least 4 members (excludes halogenated alkanes) is 1. The average molecular weight is 380 g/mol. The third-order valence-corrected chi connectivity index (χ3v) is 4.60. The first-order valence-electron chi connectivity index (χ1n) is 9.81. The average Bonchev–Trinajstić information content (AvgIpc) is 3.12. The highest BCUT2D eigenvalue weighted by molar-refractivity contribution is 5.73. The lowest BCUT2D eigenvalue weighted by Crippen LogP contribution is -2.41. The number of aromatic amines is 1. The monoisotopic (exact) mass is 379 g/mol. The number of nitrogens with zero attached hydrogens (tertiary/aromatic N) is 2. The summed E-state index contributed by atoms with van der Waals surface area (Å²) >= 11 is 0. The zero-order valence-electron chi connectivity index (χ0n) is 16.7. The number of carbonyl (C=O) groups excluding carboxylic acids is 2. The van der Waals surface area contributed by atoms with Crippen LogP contribution in [0.2, 0.25) is 0 Å². The molecule has 0 unspecified atom stereocenters. The smallest absolute Gasteiger partial charge is 0.410 e. The van der Waals surface area contributed by atoms with Crippen molar-refractivity contribution in [3.05, 3.63) is 18.0 Å². The highest BCUT2D eigenvalue weighted by atomic mass is 16.6. The van der Waals surface area contributed by atoms with E-state index in [1.54, 1.807) is 12.4 Å². The van der Waals surface area contributed by atoms with Gasteiger partial charge in [0.15, 0.2) is 0 Å². The number of amides is 3. The van der Waals surface area contributed by atoms with Crippen molar-refractivity contribution < 1.29 is 14.3 Å². The maximum absolute atomic E-state index is 12.1. The number of ether oxygens (including phenoxy) is 1. The number of urea groups is 1. The molecule has 1 aromatic heterocycles. The Morgan fingerprint density at radius 1 is 1.26 bits per heavy atom. The molecule has 2 rings (SSSR count). The van der Waals surface area contributed by atoms with Gasteiger partial charge in [-0.3, -0.25) is 5.10 Å². The minimum atomic E-state index is -0.439. The fourth-order valence-electron chi connectivity index (χ4n) is 3.11. The van der Waals surface area contributed by atoms with Gasteiger partial charge in [-0.15, -0.1) is 0 Å². The summed E-state index contributed by atoms with van der Waals surface area (Å²) < 4.78 is 5.43. The molecule has 27 heavy (non-hydrogen) atoms. The van der Waals surface area contributed by atoms with Crippen LogP contribution in [0.4, 0.5) is 9.59 Å². The fourth-order valence-corrected chi connectivity index (χ4v) is 3.11. The second-order valence-corrected chi connectivity index (χ2v) is 8.12. The van der Waals surface area contributed by atoms with Crippen LogP contribution < -0.4 is 10.6 Å². The molecule has 1 fully saturated rings. The molecule has 1 saturated heterocycles. The standard InChI is InChI=1S/C19H33N5O3/c1-19(2,3)27-18(26)24-10-7-15(8-11-24)6-4-5-9-20-17(25)21-12-16-13-22-23-14-16/h13-15H,4-12H2,1-3H3,(H,22,23)(H2,20,21,25). The van der Waals surface area contributed by atoms with E-state index in [0.717, 1.165) is 50.8 Å². The van der Waals surface area contributed by atoms with Gasteiger partial charge in [-0.05, 0) is 46.0 Å². The predicted octanol–water partition coefficient (Wildman–Crippen LogP) is 3.03. The zero-order valence-corrected chi connectivity index (χ0v) is 16.7. The Morgan fingerprint density at radius 3 is 2.63 bits per heavy atom.